The molecule has 0 spiro atoms. The standard InChI is InChI=1S/C6H14O4.C4H10O2/c7-1-3-9-5-6-10-4-2-8;1-3(5)4(2)6/h7-8H,1-6H2;3-6H,1-2H3. The zero-order valence-electron chi connectivity index (χ0n) is 10.0. The molecular weight excluding hydrogens is 216 g/mol. The Morgan fingerprint density at radius 1 is 0.750 bits per heavy atom. The highest BCUT2D eigenvalue weighted by Gasteiger charge is 1.99. The second-order valence-corrected chi connectivity index (χ2v) is 3.15. The molecule has 2 atom stereocenters. The van der Waals surface area contributed by atoms with E-state index in [1.807, 2.05) is 0 Å². The molecule has 0 radical (unpaired) electrons. The average molecular weight is 240 g/mol. The molecule has 0 saturated heterocycles. The van der Waals surface area contributed by atoms with Crippen LogP contribution in [0.15, 0.2) is 0 Å². The van der Waals surface area contributed by atoms with Crippen LogP contribution < -0.4 is 0 Å². The van der Waals surface area contributed by atoms with E-state index in [0.717, 1.165) is 0 Å². The van der Waals surface area contributed by atoms with Gasteiger partial charge in [0.25, 0.3) is 0 Å². The molecule has 0 rings (SSSR count). The molecule has 0 aromatic carbocycles. The van der Waals surface area contributed by atoms with Gasteiger partial charge in [0, 0.05) is 0 Å². The molecule has 100 valence electrons. The van der Waals surface area contributed by atoms with E-state index >= 15 is 0 Å². The third-order valence-corrected chi connectivity index (χ3v) is 1.54. The summed E-state index contributed by atoms with van der Waals surface area (Å²) in [6.07, 6.45) is -1.19. The van der Waals surface area contributed by atoms with Crippen LogP contribution in [-0.4, -0.2) is 72.3 Å². The van der Waals surface area contributed by atoms with Gasteiger partial charge >= 0.3 is 0 Å². The summed E-state index contributed by atoms with van der Waals surface area (Å²) in [5.41, 5.74) is 0. The fraction of sp³-hybridized carbons (Fsp3) is 1.00. The average Bonchev–Trinajstić information content (AvgIpc) is 2.24. The predicted octanol–water partition coefficient (Wildman–Crippen LogP) is -1.25. The smallest absolute Gasteiger partial charge is 0.0768 e. The number of rotatable bonds is 8. The van der Waals surface area contributed by atoms with Crippen molar-refractivity contribution in [1.82, 2.24) is 0 Å². The van der Waals surface area contributed by atoms with Crippen LogP contribution in [0.4, 0.5) is 0 Å². The topological polar surface area (TPSA) is 99.4 Å². The van der Waals surface area contributed by atoms with E-state index < -0.39 is 12.2 Å². The van der Waals surface area contributed by atoms with Crippen molar-refractivity contribution in [3.63, 3.8) is 0 Å². The van der Waals surface area contributed by atoms with Crippen molar-refractivity contribution in [3.8, 4) is 0 Å². The van der Waals surface area contributed by atoms with E-state index in [9.17, 15) is 0 Å². The maximum Gasteiger partial charge on any atom is 0.0768 e. The van der Waals surface area contributed by atoms with Gasteiger partial charge in [0.2, 0.25) is 0 Å². The van der Waals surface area contributed by atoms with Crippen LogP contribution in [0, 0.1) is 0 Å². The van der Waals surface area contributed by atoms with E-state index in [4.69, 9.17) is 29.9 Å². The Morgan fingerprint density at radius 3 is 1.25 bits per heavy atom. The Bertz CT molecular complexity index is 104. The van der Waals surface area contributed by atoms with Gasteiger partial charge in [0.05, 0.1) is 51.8 Å². The van der Waals surface area contributed by atoms with E-state index in [0.29, 0.717) is 26.4 Å². The summed E-state index contributed by atoms with van der Waals surface area (Å²) >= 11 is 0. The van der Waals surface area contributed by atoms with E-state index in [-0.39, 0.29) is 13.2 Å². The minimum atomic E-state index is -0.593. The molecule has 16 heavy (non-hydrogen) atoms. The molecule has 6 nitrogen and oxygen atoms in total. The number of aliphatic hydroxyl groups is 4. The quantitative estimate of drug-likeness (QED) is 0.396. The summed E-state index contributed by atoms with van der Waals surface area (Å²) in [6.45, 7) is 4.82. The molecule has 0 aromatic heterocycles. The summed E-state index contributed by atoms with van der Waals surface area (Å²) in [5.74, 6) is 0. The predicted molar refractivity (Wildman–Crippen MR) is 59.2 cm³/mol. The van der Waals surface area contributed by atoms with Gasteiger partial charge in [0.1, 0.15) is 0 Å². The third-order valence-electron chi connectivity index (χ3n) is 1.54. The molecule has 0 amide bonds. The molecule has 0 aromatic rings. The van der Waals surface area contributed by atoms with Gasteiger partial charge in [-0.15, -0.1) is 0 Å². The minimum absolute atomic E-state index is 0.0417. The Balaban J connectivity index is 0. The van der Waals surface area contributed by atoms with Crippen LogP contribution in [0.1, 0.15) is 13.8 Å². The lowest BCUT2D eigenvalue weighted by Crippen LogP contribution is -2.17. The summed E-state index contributed by atoms with van der Waals surface area (Å²) < 4.78 is 9.75. The molecule has 0 heterocycles. The molecule has 0 saturated carbocycles. The maximum absolute atomic E-state index is 8.38. The van der Waals surface area contributed by atoms with Crippen molar-refractivity contribution in [1.29, 1.82) is 0 Å². The molecular formula is C10H24O6. The van der Waals surface area contributed by atoms with Crippen molar-refractivity contribution < 1.29 is 29.9 Å². The molecule has 4 N–H and O–H groups in total. The van der Waals surface area contributed by atoms with Gasteiger partial charge in [-0.05, 0) is 13.8 Å². The van der Waals surface area contributed by atoms with E-state index in [1.165, 1.54) is 0 Å². The fourth-order valence-electron chi connectivity index (χ4n) is 0.451. The number of ether oxygens (including phenoxy) is 2. The highest BCUT2D eigenvalue weighted by molar-refractivity contribution is 4.50. The largest absolute Gasteiger partial charge is 0.394 e. The van der Waals surface area contributed by atoms with Crippen molar-refractivity contribution in [2.24, 2.45) is 0 Å². The van der Waals surface area contributed by atoms with E-state index in [2.05, 4.69) is 0 Å². The summed E-state index contributed by atoms with van der Waals surface area (Å²) in [4.78, 5) is 0. The molecule has 0 bridgehead atoms. The highest BCUT2D eigenvalue weighted by Crippen LogP contribution is 1.85. The van der Waals surface area contributed by atoms with Crippen LogP contribution in [0.5, 0.6) is 0 Å². The van der Waals surface area contributed by atoms with Crippen LogP contribution in [-0.2, 0) is 9.47 Å². The van der Waals surface area contributed by atoms with Crippen LogP contribution in [0.25, 0.3) is 0 Å². The molecule has 0 aliphatic carbocycles. The zero-order valence-corrected chi connectivity index (χ0v) is 10.0. The molecule has 0 aliphatic rings. The van der Waals surface area contributed by atoms with Gasteiger partial charge in [-0.2, -0.15) is 0 Å². The van der Waals surface area contributed by atoms with Gasteiger partial charge in [-0.25, -0.2) is 0 Å². The first-order valence-corrected chi connectivity index (χ1v) is 5.29. The van der Waals surface area contributed by atoms with Crippen molar-refractivity contribution in [2.75, 3.05) is 39.6 Å². The van der Waals surface area contributed by atoms with Crippen LogP contribution in [0.2, 0.25) is 0 Å². The Kier molecular flexibility index (Phi) is 16.7. The first-order chi connectivity index (χ1) is 7.56. The summed E-state index contributed by atoms with van der Waals surface area (Å²) in [7, 11) is 0. The minimum Gasteiger partial charge on any atom is -0.394 e. The molecule has 6 heteroatoms. The molecule has 0 fully saturated rings. The number of hydrogen-bond acceptors (Lipinski definition) is 6. The summed E-state index contributed by atoms with van der Waals surface area (Å²) in [6, 6.07) is 0. The normalized spacial score (nSPS) is 13.9. The maximum atomic E-state index is 8.38. The molecule has 0 aliphatic heterocycles. The van der Waals surface area contributed by atoms with Gasteiger partial charge in [-0.3, -0.25) is 0 Å². The Morgan fingerprint density at radius 2 is 1.06 bits per heavy atom. The summed E-state index contributed by atoms with van der Waals surface area (Å²) in [5, 5.41) is 33.3. The number of hydrogen-bond donors (Lipinski definition) is 4. The van der Waals surface area contributed by atoms with Crippen LogP contribution >= 0.6 is 0 Å². The highest BCUT2D eigenvalue weighted by atomic mass is 16.5. The van der Waals surface area contributed by atoms with Gasteiger partial charge in [0.15, 0.2) is 0 Å². The lowest BCUT2D eigenvalue weighted by molar-refractivity contribution is 0.0222. The monoisotopic (exact) mass is 240 g/mol. The lowest BCUT2D eigenvalue weighted by Gasteiger charge is -2.03. The Labute approximate surface area is 96.4 Å². The van der Waals surface area contributed by atoms with E-state index in [1.54, 1.807) is 13.8 Å². The van der Waals surface area contributed by atoms with Gasteiger partial charge in [-0.1, -0.05) is 0 Å². The zero-order chi connectivity index (χ0) is 12.8. The van der Waals surface area contributed by atoms with Crippen molar-refractivity contribution >= 4 is 0 Å². The lowest BCUT2D eigenvalue weighted by atomic mass is 10.3. The fourth-order valence-corrected chi connectivity index (χ4v) is 0.451. The third kappa shape index (κ3) is 19.4. The molecule has 2 unspecified atom stereocenters. The van der Waals surface area contributed by atoms with Crippen LogP contribution in [0.3, 0.4) is 0 Å². The second-order valence-electron chi connectivity index (χ2n) is 3.15. The van der Waals surface area contributed by atoms with Crippen molar-refractivity contribution in [2.45, 2.75) is 26.1 Å². The second kappa shape index (κ2) is 14.8. The van der Waals surface area contributed by atoms with Gasteiger partial charge < -0.3 is 29.9 Å². The first kappa shape index (κ1) is 18.1. The Hall–Kier alpha value is -0.240. The number of aliphatic hydroxyl groups excluding tert-OH is 4. The SMILES string of the molecule is CC(O)C(C)O.OCCOCCOCCO. The van der Waals surface area contributed by atoms with Crippen molar-refractivity contribution in [3.05, 3.63) is 0 Å². The first-order valence-electron chi connectivity index (χ1n) is 5.29.